The van der Waals surface area contributed by atoms with E-state index in [4.69, 9.17) is 5.73 Å². The molecule has 0 aliphatic heterocycles. The fourth-order valence-electron chi connectivity index (χ4n) is 1.42. The van der Waals surface area contributed by atoms with E-state index in [0.717, 1.165) is 0 Å². The van der Waals surface area contributed by atoms with E-state index in [1.807, 2.05) is 0 Å². The summed E-state index contributed by atoms with van der Waals surface area (Å²) < 4.78 is 26.5. The number of benzene rings is 1. The van der Waals surface area contributed by atoms with E-state index >= 15 is 0 Å². The van der Waals surface area contributed by atoms with Crippen LogP contribution >= 0.6 is 15.9 Å². The number of nitrogens with zero attached hydrogens (tertiary/aromatic N) is 1. The first-order chi connectivity index (χ1) is 8.43. The van der Waals surface area contributed by atoms with Crippen LogP contribution in [0.25, 0.3) is 0 Å². The summed E-state index contributed by atoms with van der Waals surface area (Å²) in [4.78, 5) is 0.181. The number of hydrogen-bond acceptors (Lipinski definition) is 3. The van der Waals surface area contributed by atoms with Crippen molar-refractivity contribution in [2.45, 2.75) is 4.90 Å². The summed E-state index contributed by atoms with van der Waals surface area (Å²) in [7, 11) is -3.58. The van der Waals surface area contributed by atoms with Gasteiger partial charge in [0.2, 0.25) is 10.0 Å². The first kappa shape index (κ1) is 14.9. The minimum Gasteiger partial charge on any atom is -0.399 e. The molecule has 6 heteroatoms. The number of sulfonamides is 1. The fraction of sp³-hybridized carbons (Fsp3) is 0.167. The molecule has 0 aliphatic rings. The van der Waals surface area contributed by atoms with Gasteiger partial charge in [0.15, 0.2) is 0 Å². The van der Waals surface area contributed by atoms with Crippen LogP contribution in [0.3, 0.4) is 0 Å². The van der Waals surface area contributed by atoms with Gasteiger partial charge in [-0.1, -0.05) is 12.2 Å². The Morgan fingerprint density at radius 3 is 2.28 bits per heavy atom. The zero-order chi connectivity index (χ0) is 13.8. The van der Waals surface area contributed by atoms with Crippen LogP contribution in [0, 0.1) is 0 Å². The highest BCUT2D eigenvalue weighted by molar-refractivity contribution is 9.10. The number of anilines is 1. The quantitative estimate of drug-likeness (QED) is 0.643. The van der Waals surface area contributed by atoms with Crippen LogP contribution in [0.1, 0.15) is 0 Å². The lowest BCUT2D eigenvalue weighted by molar-refractivity contribution is 0.474. The van der Waals surface area contributed by atoms with Crippen LogP contribution in [-0.4, -0.2) is 25.8 Å². The van der Waals surface area contributed by atoms with Crippen LogP contribution < -0.4 is 5.73 Å². The van der Waals surface area contributed by atoms with Crippen LogP contribution in [0.5, 0.6) is 0 Å². The SMILES string of the molecule is C=CCN(CC=C)S(=O)(=O)c1ccc(N)cc1Br. The van der Waals surface area contributed by atoms with Crippen molar-refractivity contribution in [1.82, 2.24) is 4.31 Å². The van der Waals surface area contributed by atoms with Crippen molar-refractivity contribution >= 4 is 31.6 Å². The largest absolute Gasteiger partial charge is 0.399 e. The molecule has 0 radical (unpaired) electrons. The van der Waals surface area contributed by atoms with Crippen molar-refractivity contribution in [1.29, 1.82) is 0 Å². The molecule has 0 atom stereocenters. The molecule has 0 unspecified atom stereocenters. The van der Waals surface area contributed by atoms with Gasteiger partial charge in [0.1, 0.15) is 0 Å². The maximum Gasteiger partial charge on any atom is 0.244 e. The zero-order valence-corrected chi connectivity index (χ0v) is 12.2. The number of rotatable bonds is 6. The molecular formula is C12H15BrN2O2S. The number of halogens is 1. The molecule has 4 nitrogen and oxygen atoms in total. The Balaban J connectivity index is 3.25. The number of hydrogen-bond donors (Lipinski definition) is 1. The standard InChI is InChI=1S/C12H15BrN2O2S/c1-3-7-15(8-4-2)18(16,17)12-6-5-10(14)9-11(12)13/h3-6,9H,1-2,7-8,14H2. The highest BCUT2D eigenvalue weighted by atomic mass is 79.9. The van der Waals surface area contributed by atoms with Gasteiger partial charge in [0, 0.05) is 23.2 Å². The lowest BCUT2D eigenvalue weighted by Crippen LogP contribution is -2.31. The molecule has 18 heavy (non-hydrogen) atoms. The van der Waals surface area contributed by atoms with Gasteiger partial charge >= 0.3 is 0 Å². The fourth-order valence-corrected chi connectivity index (χ4v) is 3.86. The van der Waals surface area contributed by atoms with Gasteiger partial charge in [-0.3, -0.25) is 0 Å². The first-order valence-electron chi connectivity index (χ1n) is 5.20. The smallest absolute Gasteiger partial charge is 0.244 e. The molecule has 1 aromatic carbocycles. The predicted molar refractivity (Wildman–Crippen MR) is 77.7 cm³/mol. The van der Waals surface area contributed by atoms with Crippen LogP contribution in [0.2, 0.25) is 0 Å². The van der Waals surface area contributed by atoms with Gasteiger partial charge in [-0.15, -0.1) is 13.2 Å². The van der Waals surface area contributed by atoms with Gasteiger partial charge < -0.3 is 5.73 Å². The van der Waals surface area contributed by atoms with E-state index in [-0.39, 0.29) is 18.0 Å². The topological polar surface area (TPSA) is 63.4 Å². The molecule has 0 saturated carbocycles. The minimum absolute atomic E-state index is 0.181. The van der Waals surface area contributed by atoms with E-state index in [2.05, 4.69) is 29.1 Å². The Morgan fingerprint density at radius 1 is 1.28 bits per heavy atom. The highest BCUT2D eigenvalue weighted by Crippen LogP contribution is 2.26. The minimum atomic E-state index is -3.58. The van der Waals surface area contributed by atoms with Crippen molar-refractivity contribution in [3.8, 4) is 0 Å². The summed E-state index contributed by atoms with van der Waals surface area (Å²) >= 11 is 3.22. The van der Waals surface area contributed by atoms with Crippen molar-refractivity contribution in [3.63, 3.8) is 0 Å². The average Bonchev–Trinajstić information content (AvgIpc) is 2.28. The van der Waals surface area contributed by atoms with Crippen LogP contribution in [-0.2, 0) is 10.0 Å². The summed E-state index contributed by atoms with van der Waals surface area (Å²) in [5, 5.41) is 0. The summed E-state index contributed by atoms with van der Waals surface area (Å²) in [6.07, 6.45) is 3.07. The van der Waals surface area contributed by atoms with Crippen LogP contribution in [0.4, 0.5) is 5.69 Å². The summed E-state index contributed by atoms with van der Waals surface area (Å²) in [6, 6.07) is 4.60. The Hall–Kier alpha value is -1.11. The molecule has 0 heterocycles. The molecule has 0 amide bonds. The second-order valence-corrected chi connectivity index (χ2v) is 6.35. The molecular weight excluding hydrogens is 316 g/mol. The van der Waals surface area contributed by atoms with E-state index in [1.54, 1.807) is 12.1 Å². The summed E-state index contributed by atoms with van der Waals surface area (Å²) in [6.45, 7) is 7.56. The van der Waals surface area contributed by atoms with Gasteiger partial charge in [0.05, 0.1) is 4.90 Å². The van der Waals surface area contributed by atoms with E-state index in [1.165, 1.54) is 22.5 Å². The third kappa shape index (κ3) is 3.22. The molecule has 0 saturated heterocycles. The van der Waals surface area contributed by atoms with E-state index in [9.17, 15) is 8.42 Å². The van der Waals surface area contributed by atoms with Crippen molar-refractivity contribution in [2.24, 2.45) is 0 Å². The maximum atomic E-state index is 12.4. The normalized spacial score (nSPS) is 11.4. The van der Waals surface area contributed by atoms with Gasteiger partial charge in [0.25, 0.3) is 0 Å². The molecule has 0 aliphatic carbocycles. The highest BCUT2D eigenvalue weighted by Gasteiger charge is 2.24. The molecule has 0 aromatic heterocycles. The monoisotopic (exact) mass is 330 g/mol. The zero-order valence-electron chi connectivity index (χ0n) is 9.84. The van der Waals surface area contributed by atoms with Crippen molar-refractivity contribution < 1.29 is 8.42 Å². The van der Waals surface area contributed by atoms with Crippen LogP contribution in [0.15, 0.2) is 52.9 Å². The molecule has 1 aromatic rings. The number of nitrogens with two attached hydrogens (primary N) is 1. The Morgan fingerprint density at radius 2 is 1.83 bits per heavy atom. The second-order valence-electron chi connectivity index (χ2n) is 3.59. The molecule has 98 valence electrons. The summed E-state index contributed by atoms with van der Waals surface area (Å²) in [5.41, 5.74) is 6.09. The molecule has 2 N–H and O–H groups in total. The number of nitrogen functional groups attached to an aromatic ring is 1. The molecule has 0 spiro atoms. The molecule has 0 bridgehead atoms. The second kappa shape index (κ2) is 6.17. The van der Waals surface area contributed by atoms with E-state index in [0.29, 0.717) is 10.2 Å². The third-order valence-electron chi connectivity index (χ3n) is 2.24. The Bertz CT molecular complexity index is 545. The van der Waals surface area contributed by atoms with Gasteiger partial charge in [-0.2, -0.15) is 4.31 Å². The Kier molecular flexibility index (Phi) is 5.13. The van der Waals surface area contributed by atoms with Gasteiger partial charge in [-0.25, -0.2) is 8.42 Å². The molecule has 1 rings (SSSR count). The van der Waals surface area contributed by atoms with Crippen molar-refractivity contribution in [2.75, 3.05) is 18.8 Å². The third-order valence-corrected chi connectivity index (χ3v) is 5.05. The lowest BCUT2D eigenvalue weighted by atomic mass is 10.3. The summed E-state index contributed by atoms with van der Waals surface area (Å²) in [5.74, 6) is 0. The first-order valence-corrected chi connectivity index (χ1v) is 7.43. The predicted octanol–water partition coefficient (Wildman–Crippen LogP) is 2.39. The molecule has 0 fully saturated rings. The van der Waals surface area contributed by atoms with Gasteiger partial charge in [-0.05, 0) is 34.1 Å². The van der Waals surface area contributed by atoms with Crippen molar-refractivity contribution in [3.05, 3.63) is 48.0 Å². The lowest BCUT2D eigenvalue weighted by Gasteiger charge is -2.19. The maximum absolute atomic E-state index is 12.4. The average molecular weight is 331 g/mol. The Labute approximate surface area is 116 Å². The van der Waals surface area contributed by atoms with E-state index < -0.39 is 10.0 Å².